The summed E-state index contributed by atoms with van der Waals surface area (Å²) < 4.78 is 38.6. The molecule has 0 aliphatic heterocycles. The highest BCUT2D eigenvalue weighted by atomic mass is 32.2. The molecule has 7 heteroatoms. The van der Waals surface area contributed by atoms with Gasteiger partial charge in [-0.15, -0.1) is 0 Å². The van der Waals surface area contributed by atoms with Crippen molar-refractivity contribution in [2.24, 2.45) is 0 Å². The minimum atomic E-state index is -3.80. The van der Waals surface area contributed by atoms with Crippen molar-refractivity contribution in [3.05, 3.63) is 66.0 Å². The van der Waals surface area contributed by atoms with E-state index in [1.54, 1.807) is 6.92 Å². The van der Waals surface area contributed by atoms with Crippen molar-refractivity contribution < 1.29 is 17.6 Å². The van der Waals surface area contributed by atoms with Gasteiger partial charge in [0.2, 0.25) is 15.9 Å². The molecule has 2 aromatic rings. The molecule has 128 valence electrons. The molecule has 2 rings (SSSR count). The molecular weight excluding hydrogens is 331 g/mol. The van der Waals surface area contributed by atoms with Crippen molar-refractivity contribution in [3.8, 4) is 0 Å². The first-order valence-corrected chi connectivity index (χ1v) is 9.20. The Kier molecular flexibility index (Phi) is 5.56. The van der Waals surface area contributed by atoms with Crippen LogP contribution in [0.2, 0.25) is 0 Å². The Morgan fingerprint density at radius 1 is 1.12 bits per heavy atom. The van der Waals surface area contributed by atoms with Crippen molar-refractivity contribution in [2.75, 3.05) is 17.1 Å². The third kappa shape index (κ3) is 4.55. The summed E-state index contributed by atoms with van der Waals surface area (Å²) >= 11 is 0. The molecule has 2 aromatic carbocycles. The van der Waals surface area contributed by atoms with Crippen LogP contribution in [-0.2, 0) is 14.8 Å². The summed E-state index contributed by atoms with van der Waals surface area (Å²) in [7, 11) is -3.80. The second kappa shape index (κ2) is 7.44. The molecule has 0 fully saturated rings. The number of sulfonamides is 1. The van der Waals surface area contributed by atoms with Gasteiger partial charge < -0.3 is 5.32 Å². The van der Waals surface area contributed by atoms with E-state index in [4.69, 9.17) is 0 Å². The fourth-order valence-corrected chi connectivity index (χ4v) is 3.13. The highest BCUT2D eigenvalue weighted by Gasteiger charge is 2.24. The van der Waals surface area contributed by atoms with E-state index in [2.05, 4.69) is 5.32 Å². The van der Waals surface area contributed by atoms with Gasteiger partial charge >= 0.3 is 0 Å². The highest BCUT2D eigenvalue weighted by molar-refractivity contribution is 7.92. The molecule has 0 aliphatic carbocycles. The number of para-hydroxylation sites is 1. The molecular formula is C17H19FN2O3S. The number of halogens is 1. The molecule has 1 atom stereocenters. The lowest BCUT2D eigenvalue weighted by Gasteiger charge is -2.23. The third-order valence-corrected chi connectivity index (χ3v) is 4.61. The predicted molar refractivity (Wildman–Crippen MR) is 91.6 cm³/mol. The molecule has 0 spiro atoms. The molecule has 0 aliphatic rings. The van der Waals surface area contributed by atoms with Gasteiger partial charge in [-0.05, 0) is 24.6 Å². The van der Waals surface area contributed by atoms with Crippen LogP contribution < -0.4 is 9.62 Å². The van der Waals surface area contributed by atoms with Gasteiger partial charge in [0.25, 0.3) is 0 Å². The average molecular weight is 350 g/mol. The Morgan fingerprint density at radius 3 is 2.29 bits per heavy atom. The summed E-state index contributed by atoms with van der Waals surface area (Å²) in [6.07, 6.45) is 0.938. The van der Waals surface area contributed by atoms with E-state index < -0.39 is 28.3 Å². The predicted octanol–water partition coefficient (Wildman–Crippen LogP) is 2.47. The van der Waals surface area contributed by atoms with Crippen LogP contribution in [0.4, 0.5) is 10.1 Å². The second-order valence-electron chi connectivity index (χ2n) is 5.42. The van der Waals surface area contributed by atoms with E-state index in [9.17, 15) is 17.6 Å². The fraction of sp³-hybridized carbons (Fsp3) is 0.235. The summed E-state index contributed by atoms with van der Waals surface area (Å²) in [6, 6.07) is 14.4. The van der Waals surface area contributed by atoms with Crippen molar-refractivity contribution in [1.29, 1.82) is 0 Å². The number of rotatable bonds is 6. The quantitative estimate of drug-likeness (QED) is 0.870. The lowest BCUT2D eigenvalue weighted by molar-refractivity contribution is -0.120. The summed E-state index contributed by atoms with van der Waals surface area (Å²) in [5, 5.41) is 2.72. The van der Waals surface area contributed by atoms with Gasteiger partial charge in [0.1, 0.15) is 12.4 Å². The Hall–Kier alpha value is -2.41. The molecule has 0 saturated carbocycles. The molecule has 0 bridgehead atoms. The normalized spacial score (nSPS) is 12.5. The van der Waals surface area contributed by atoms with Crippen molar-refractivity contribution >= 4 is 21.6 Å². The van der Waals surface area contributed by atoms with Crippen LogP contribution in [0.1, 0.15) is 18.5 Å². The van der Waals surface area contributed by atoms with Crippen LogP contribution in [0.5, 0.6) is 0 Å². The van der Waals surface area contributed by atoms with Crippen LogP contribution in [-0.4, -0.2) is 27.1 Å². The maximum atomic E-state index is 13.9. The van der Waals surface area contributed by atoms with E-state index in [0.717, 1.165) is 22.2 Å². The number of benzene rings is 2. The van der Waals surface area contributed by atoms with Gasteiger partial charge in [-0.1, -0.05) is 42.5 Å². The first kappa shape index (κ1) is 17.9. The van der Waals surface area contributed by atoms with Crippen LogP contribution in [0, 0.1) is 5.82 Å². The van der Waals surface area contributed by atoms with E-state index in [1.807, 2.05) is 30.3 Å². The molecule has 1 amide bonds. The van der Waals surface area contributed by atoms with Gasteiger partial charge in [-0.2, -0.15) is 0 Å². The van der Waals surface area contributed by atoms with Gasteiger partial charge in [0.15, 0.2) is 0 Å². The minimum absolute atomic E-state index is 0.150. The largest absolute Gasteiger partial charge is 0.348 e. The second-order valence-corrected chi connectivity index (χ2v) is 7.33. The van der Waals surface area contributed by atoms with Gasteiger partial charge in [0, 0.05) is 0 Å². The zero-order valence-corrected chi connectivity index (χ0v) is 14.3. The molecule has 5 nitrogen and oxygen atoms in total. The standard InChI is InChI=1S/C17H19FN2O3S/c1-13(14-8-4-3-5-9-14)19-17(21)12-20(24(2,22)23)16-11-7-6-10-15(16)18/h3-11,13H,12H2,1-2H3,(H,19,21)/t13-/m1/s1. The molecule has 1 N–H and O–H groups in total. The monoisotopic (exact) mass is 350 g/mol. The van der Waals surface area contributed by atoms with E-state index in [-0.39, 0.29) is 11.7 Å². The summed E-state index contributed by atoms with van der Waals surface area (Å²) in [5.74, 6) is -1.22. The third-order valence-electron chi connectivity index (χ3n) is 3.49. The lowest BCUT2D eigenvalue weighted by Crippen LogP contribution is -2.41. The maximum Gasteiger partial charge on any atom is 0.241 e. The van der Waals surface area contributed by atoms with Gasteiger partial charge in [-0.3, -0.25) is 9.10 Å². The molecule has 0 aromatic heterocycles. The number of hydrogen-bond acceptors (Lipinski definition) is 3. The number of anilines is 1. The first-order chi connectivity index (χ1) is 11.3. The maximum absolute atomic E-state index is 13.9. The van der Waals surface area contributed by atoms with Crippen molar-refractivity contribution in [3.63, 3.8) is 0 Å². The number of hydrogen-bond donors (Lipinski definition) is 1. The fourth-order valence-electron chi connectivity index (χ4n) is 2.28. The molecule has 24 heavy (non-hydrogen) atoms. The van der Waals surface area contributed by atoms with Gasteiger partial charge in [-0.25, -0.2) is 12.8 Å². The Bertz CT molecular complexity index is 810. The summed E-state index contributed by atoms with van der Waals surface area (Å²) in [4.78, 5) is 12.2. The number of nitrogens with zero attached hydrogens (tertiary/aromatic N) is 1. The van der Waals surface area contributed by atoms with Crippen molar-refractivity contribution in [1.82, 2.24) is 5.32 Å². The summed E-state index contributed by atoms with van der Waals surface area (Å²) in [5.41, 5.74) is 0.741. The Labute approximate surface area is 141 Å². The summed E-state index contributed by atoms with van der Waals surface area (Å²) in [6.45, 7) is 1.30. The molecule has 0 unspecified atom stereocenters. The number of amides is 1. The zero-order valence-electron chi connectivity index (χ0n) is 13.4. The smallest absolute Gasteiger partial charge is 0.241 e. The molecule has 0 heterocycles. The van der Waals surface area contributed by atoms with Crippen LogP contribution in [0.15, 0.2) is 54.6 Å². The van der Waals surface area contributed by atoms with Crippen molar-refractivity contribution in [2.45, 2.75) is 13.0 Å². The SMILES string of the molecule is C[C@@H](NC(=O)CN(c1ccccc1F)S(C)(=O)=O)c1ccccc1. The minimum Gasteiger partial charge on any atom is -0.348 e. The van der Waals surface area contributed by atoms with E-state index >= 15 is 0 Å². The lowest BCUT2D eigenvalue weighted by atomic mass is 10.1. The first-order valence-electron chi connectivity index (χ1n) is 7.35. The number of carbonyl (C=O) groups excluding carboxylic acids is 1. The number of nitrogens with one attached hydrogen (secondary N) is 1. The average Bonchev–Trinajstić information content (AvgIpc) is 2.53. The topological polar surface area (TPSA) is 66.5 Å². The molecule has 0 radical (unpaired) electrons. The highest BCUT2D eigenvalue weighted by Crippen LogP contribution is 2.21. The Morgan fingerprint density at radius 2 is 1.71 bits per heavy atom. The molecule has 0 saturated heterocycles. The van der Waals surface area contributed by atoms with Crippen LogP contribution in [0.3, 0.4) is 0 Å². The zero-order chi connectivity index (χ0) is 17.7. The number of carbonyl (C=O) groups is 1. The Balaban J connectivity index is 2.16. The van der Waals surface area contributed by atoms with Gasteiger partial charge in [0.05, 0.1) is 18.0 Å². The van der Waals surface area contributed by atoms with E-state index in [0.29, 0.717) is 0 Å². The van der Waals surface area contributed by atoms with Crippen LogP contribution in [0.25, 0.3) is 0 Å². The van der Waals surface area contributed by atoms with E-state index in [1.165, 1.54) is 18.2 Å². The van der Waals surface area contributed by atoms with Crippen LogP contribution >= 0.6 is 0 Å².